The first kappa shape index (κ1) is 13.4. The predicted octanol–water partition coefficient (Wildman–Crippen LogP) is 1.41. The Labute approximate surface area is 127 Å². The van der Waals surface area contributed by atoms with E-state index in [2.05, 4.69) is 25.0 Å². The molecule has 0 spiro atoms. The number of likely N-dealkylation sites (N-methyl/N-ethyl adjacent to an activating group) is 1. The Morgan fingerprint density at radius 1 is 1.36 bits per heavy atom. The molecule has 3 aromatic rings. The van der Waals surface area contributed by atoms with E-state index in [0.29, 0.717) is 11.7 Å². The number of fused-ring (bicyclic) bond motifs is 1. The maximum absolute atomic E-state index is 6.42. The van der Waals surface area contributed by atoms with Crippen molar-refractivity contribution in [2.45, 2.75) is 18.9 Å². The molecule has 1 aromatic carbocycles. The number of aromatic amines is 1. The van der Waals surface area contributed by atoms with Gasteiger partial charge in [-0.15, -0.1) is 0 Å². The van der Waals surface area contributed by atoms with E-state index >= 15 is 0 Å². The molecule has 0 bridgehead atoms. The predicted molar refractivity (Wildman–Crippen MR) is 82.1 cm³/mol. The van der Waals surface area contributed by atoms with Crippen LogP contribution in [0.4, 0.5) is 0 Å². The first-order valence-corrected chi connectivity index (χ1v) is 7.32. The van der Waals surface area contributed by atoms with E-state index in [0.717, 1.165) is 41.9 Å². The van der Waals surface area contributed by atoms with Gasteiger partial charge < -0.3 is 20.1 Å². The minimum Gasteiger partial charge on any atom is -0.342 e. The number of benzene rings is 1. The van der Waals surface area contributed by atoms with Crippen molar-refractivity contribution in [3.05, 3.63) is 29.9 Å². The third-order valence-corrected chi connectivity index (χ3v) is 4.22. The van der Waals surface area contributed by atoms with Crippen molar-refractivity contribution in [1.29, 1.82) is 0 Å². The molecule has 1 aliphatic rings. The Hall–Kier alpha value is -2.25. The zero-order valence-electron chi connectivity index (χ0n) is 12.6. The Morgan fingerprint density at radius 2 is 2.23 bits per heavy atom. The summed E-state index contributed by atoms with van der Waals surface area (Å²) < 4.78 is 5.46. The molecular formula is C15H18N6O. The number of nitrogens with one attached hydrogen (secondary N) is 1. The fourth-order valence-corrected chi connectivity index (χ4v) is 3.08. The lowest BCUT2D eigenvalue weighted by molar-refractivity contribution is 0.278. The van der Waals surface area contributed by atoms with E-state index in [-0.39, 0.29) is 0 Å². The smallest absolute Gasteiger partial charge is 0.248 e. The molecule has 3 heterocycles. The number of nitrogens with two attached hydrogens (primary N) is 1. The van der Waals surface area contributed by atoms with E-state index < -0.39 is 5.54 Å². The van der Waals surface area contributed by atoms with Crippen molar-refractivity contribution in [2.75, 3.05) is 20.1 Å². The summed E-state index contributed by atoms with van der Waals surface area (Å²) >= 11 is 0. The molecule has 0 aliphatic carbocycles. The zero-order valence-corrected chi connectivity index (χ0v) is 12.6. The van der Waals surface area contributed by atoms with Gasteiger partial charge in [-0.05, 0) is 32.5 Å². The molecule has 0 saturated carbocycles. The number of hydrogen-bond acceptors (Lipinski definition) is 6. The summed E-state index contributed by atoms with van der Waals surface area (Å²) in [6.07, 6.45) is 0.816. The van der Waals surface area contributed by atoms with Crippen LogP contribution < -0.4 is 5.73 Å². The molecule has 7 heteroatoms. The Bertz CT molecular complexity index is 838. The van der Waals surface area contributed by atoms with Gasteiger partial charge in [0.2, 0.25) is 11.7 Å². The number of imidazole rings is 1. The van der Waals surface area contributed by atoms with Crippen LogP contribution in [0.5, 0.6) is 0 Å². The lowest BCUT2D eigenvalue weighted by Crippen LogP contribution is -2.39. The van der Waals surface area contributed by atoms with Gasteiger partial charge in [0.1, 0.15) is 11.4 Å². The van der Waals surface area contributed by atoms with E-state index in [1.165, 1.54) is 0 Å². The Kier molecular flexibility index (Phi) is 2.82. The fraction of sp³-hybridized carbons (Fsp3) is 0.400. The van der Waals surface area contributed by atoms with Gasteiger partial charge in [-0.3, -0.25) is 0 Å². The standard InChI is InChI=1S/C15H18N6O/c1-9-17-11-5-3-4-10(12(11)18-9)13-19-14(22-20-13)15(16)6-7-21(2)8-15/h3-5H,6-8,16H2,1-2H3,(H,17,18). The van der Waals surface area contributed by atoms with Crippen molar-refractivity contribution in [3.63, 3.8) is 0 Å². The molecule has 0 radical (unpaired) electrons. The molecule has 7 nitrogen and oxygen atoms in total. The second-order valence-electron chi connectivity index (χ2n) is 6.09. The minimum atomic E-state index is -0.560. The number of rotatable bonds is 2. The number of H-pyrrole nitrogens is 1. The summed E-state index contributed by atoms with van der Waals surface area (Å²) in [4.78, 5) is 14.4. The summed E-state index contributed by atoms with van der Waals surface area (Å²) in [7, 11) is 2.04. The van der Waals surface area contributed by atoms with Crippen LogP contribution in [0.2, 0.25) is 0 Å². The van der Waals surface area contributed by atoms with Gasteiger partial charge in [-0.1, -0.05) is 11.2 Å². The maximum Gasteiger partial charge on any atom is 0.248 e. The lowest BCUT2D eigenvalue weighted by Gasteiger charge is -2.18. The first-order valence-electron chi connectivity index (χ1n) is 7.32. The van der Waals surface area contributed by atoms with Crippen molar-refractivity contribution in [3.8, 4) is 11.4 Å². The second-order valence-corrected chi connectivity index (χ2v) is 6.09. The molecule has 3 N–H and O–H groups in total. The van der Waals surface area contributed by atoms with Gasteiger partial charge in [0.05, 0.1) is 16.6 Å². The fourth-order valence-electron chi connectivity index (χ4n) is 3.08. The Morgan fingerprint density at radius 3 is 3.00 bits per heavy atom. The van der Waals surface area contributed by atoms with Crippen LogP contribution in [0.1, 0.15) is 18.1 Å². The molecule has 22 heavy (non-hydrogen) atoms. The highest BCUT2D eigenvalue weighted by atomic mass is 16.5. The maximum atomic E-state index is 6.42. The second kappa shape index (κ2) is 4.62. The highest BCUT2D eigenvalue weighted by molar-refractivity contribution is 5.89. The number of likely N-dealkylation sites (tertiary alicyclic amines) is 1. The van der Waals surface area contributed by atoms with Crippen molar-refractivity contribution in [1.82, 2.24) is 25.0 Å². The van der Waals surface area contributed by atoms with Crippen molar-refractivity contribution >= 4 is 11.0 Å². The topological polar surface area (TPSA) is 96.9 Å². The monoisotopic (exact) mass is 298 g/mol. The molecule has 1 atom stereocenters. The van der Waals surface area contributed by atoms with E-state index in [1.54, 1.807) is 0 Å². The van der Waals surface area contributed by atoms with Gasteiger partial charge in [0.15, 0.2) is 0 Å². The number of aromatic nitrogens is 4. The molecule has 114 valence electrons. The molecule has 1 unspecified atom stereocenters. The molecule has 1 saturated heterocycles. The molecule has 0 amide bonds. The summed E-state index contributed by atoms with van der Waals surface area (Å²) in [6.45, 7) is 3.58. The molecule has 1 fully saturated rings. The molecular weight excluding hydrogens is 280 g/mol. The van der Waals surface area contributed by atoms with Crippen LogP contribution in [0.3, 0.4) is 0 Å². The van der Waals surface area contributed by atoms with Crippen LogP contribution in [-0.4, -0.2) is 45.1 Å². The summed E-state index contributed by atoms with van der Waals surface area (Å²) in [5.41, 5.74) is 8.52. The van der Waals surface area contributed by atoms with Crippen LogP contribution in [-0.2, 0) is 5.54 Å². The number of para-hydroxylation sites is 1. The van der Waals surface area contributed by atoms with Gasteiger partial charge in [-0.2, -0.15) is 4.98 Å². The van der Waals surface area contributed by atoms with E-state index in [9.17, 15) is 0 Å². The van der Waals surface area contributed by atoms with Gasteiger partial charge in [0, 0.05) is 13.1 Å². The first-order chi connectivity index (χ1) is 10.5. The van der Waals surface area contributed by atoms with Gasteiger partial charge >= 0.3 is 0 Å². The lowest BCUT2D eigenvalue weighted by atomic mass is 10.0. The summed E-state index contributed by atoms with van der Waals surface area (Å²) in [5.74, 6) is 1.89. The molecule has 4 rings (SSSR count). The highest BCUT2D eigenvalue weighted by Gasteiger charge is 2.39. The van der Waals surface area contributed by atoms with Gasteiger partial charge in [0.25, 0.3) is 0 Å². The highest BCUT2D eigenvalue weighted by Crippen LogP contribution is 2.30. The largest absolute Gasteiger partial charge is 0.342 e. The Balaban J connectivity index is 1.77. The van der Waals surface area contributed by atoms with Crippen molar-refractivity contribution in [2.24, 2.45) is 5.73 Å². The molecule has 2 aromatic heterocycles. The third-order valence-electron chi connectivity index (χ3n) is 4.22. The average molecular weight is 298 g/mol. The van der Waals surface area contributed by atoms with Gasteiger partial charge in [-0.25, -0.2) is 4.98 Å². The number of nitrogens with zero attached hydrogens (tertiary/aromatic N) is 4. The molecule has 1 aliphatic heterocycles. The van der Waals surface area contributed by atoms with Crippen LogP contribution >= 0.6 is 0 Å². The third kappa shape index (κ3) is 2.01. The van der Waals surface area contributed by atoms with E-state index in [1.807, 2.05) is 32.2 Å². The minimum absolute atomic E-state index is 0.496. The van der Waals surface area contributed by atoms with Crippen LogP contribution in [0.25, 0.3) is 22.4 Å². The average Bonchev–Trinajstić information content (AvgIpc) is 3.16. The number of hydrogen-bond donors (Lipinski definition) is 2. The normalized spacial score (nSPS) is 22.7. The summed E-state index contributed by atoms with van der Waals surface area (Å²) in [6, 6.07) is 5.88. The SMILES string of the molecule is Cc1nc2c(-c3noc(C4(N)CCN(C)C4)n3)cccc2[nH]1. The zero-order chi connectivity index (χ0) is 15.3. The van der Waals surface area contributed by atoms with Crippen LogP contribution in [0.15, 0.2) is 22.7 Å². The number of aryl methyl sites for hydroxylation is 1. The van der Waals surface area contributed by atoms with Crippen molar-refractivity contribution < 1.29 is 4.52 Å². The quantitative estimate of drug-likeness (QED) is 0.742. The van der Waals surface area contributed by atoms with Crippen LogP contribution in [0, 0.1) is 6.92 Å². The van der Waals surface area contributed by atoms with E-state index in [4.69, 9.17) is 10.3 Å². The summed E-state index contributed by atoms with van der Waals surface area (Å²) in [5, 5.41) is 4.12.